The van der Waals surface area contributed by atoms with Crippen molar-refractivity contribution in [2.24, 2.45) is 0 Å². The van der Waals surface area contributed by atoms with E-state index < -0.39 is 0 Å². The van der Waals surface area contributed by atoms with E-state index in [1.54, 1.807) is 0 Å². The van der Waals surface area contributed by atoms with Crippen molar-refractivity contribution in [3.63, 3.8) is 0 Å². The molecule has 1 N–H and O–H groups in total. The Morgan fingerprint density at radius 1 is 0.833 bits per heavy atom. The Hall–Kier alpha value is -2.94. The number of ether oxygens (including phenoxy) is 1. The highest BCUT2D eigenvalue weighted by Crippen LogP contribution is 2.45. The molecule has 24 heavy (non-hydrogen) atoms. The van der Waals surface area contributed by atoms with E-state index in [4.69, 9.17) is 4.74 Å². The van der Waals surface area contributed by atoms with Crippen LogP contribution in [0.2, 0.25) is 0 Å². The molecule has 5 rings (SSSR count). The van der Waals surface area contributed by atoms with Crippen molar-refractivity contribution in [1.82, 2.24) is 0 Å². The summed E-state index contributed by atoms with van der Waals surface area (Å²) in [5.41, 5.74) is 3.46. The van der Waals surface area contributed by atoms with Crippen molar-refractivity contribution in [1.29, 1.82) is 0 Å². The van der Waals surface area contributed by atoms with Crippen LogP contribution in [-0.4, -0.2) is 7.85 Å². The second-order valence-corrected chi connectivity index (χ2v) is 6.38. The Kier molecular flexibility index (Phi) is 2.83. The molecule has 0 amide bonds. The largest absolute Gasteiger partial charge is 0.464 e. The zero-order valence-electron chi connectivity index (χ0n) is 13.4. The summed E-state index contributed by atoms with van der Waals surface area (Å²) in [6, 6.07) is 25.5. The van der Waals surface area contributed by atoms with E-state index in [9.17, 15) is 0 Å². The molecule has 0 saturated carbocycles. The Labute approximate surface area is 141 Å². The van der Waals surface area contributed by atoms with Gasteiger partial charge in [0.1, 0.15) is 7.85 Å². The van der Waals surface area contributed by atoms with Gasteiger partial charge in [-0.2, -0.15) is 0 Å². The molecule has 4 aromatic rings. The molecule has 0 fully saturated rings. The van der Waals surface area contributed by atoms with Gasteiger partial charge >= 0.3 is 0 Å². The third-order valence-electron chi connectivity index (χ3n) is 4.74. The van der Waals surface area contributed by atoms with E-state index in [1.165, 1.54) is 27.0 Å². The van der Waals surface area contributed by atoms with Crippen molar-refractivity contribution in [2.45, 2.75) is 6.23 Å². The summed E-state index contributed by atoms with van der Waals surface area (Å²) in [7, 11) is 2.13. The molecule has 1 aliphatic rings. The molecule has 4 aromatic carbocycles. The molecule has 0 bridgehead atoms. The molecule has 2 nitrogen and oxygen atoms in total. The van der Waals surface area contributed by atoms with Crippen LogP contribution >= 0.6 is 0 Å². The van der Waals surface area contributed by atoms with Crippen molar-refractivity contribution < 1.29 is 4.74 Å². The highest BCUT2D eigenvalue weighted by Gasteiger charge is 2.25. The Morgan fingerprint density at radius 3 is 2.46 bits per heavy atom. The summed E-state index contributed by atoms with van der Waals surface area (Å²) in [4.78, 5) is 0. The van der Waals surface area contributed by atoms with E-state index in [-0.39, 0.29) is 6.23 Å². The maximum Gasteiger partial charge on any atom is 0.196 e. The Balaban J connectivity index is 1.74. The topological polar surface area (TPSA) is 21.3 Å². The Bertz CT molecular complexity index is 1080. The second-order valence-electron chi connectivity index (χ2n) is 6.38. The predicted octanol–water partition coefficient (Wildman–Crippen LogP) is 3.75. The van der Waals surface area contributed by atoms with Gasteiger partial charge in [-0.25, -0.2) is 0 Å². The highest BCUT2D eigenvalue weighted by molar-refractivity contribution is 6.34. The van der Waals surface area contributed by atoms with Gasteiger partial charge in [0.2, 0.25) is 0 Å². The lowest BCUT2D eigenvalue weighted by Crippen LogP contribution is -2.09. The molecule has 3 heteroatoms. The zero-order valence-corrected chi connectivity index (χ0v) is 13.4. The first-order chi connectivity index (χ1) is 11.8. The van der Waals surface area contributed by atoms with Gasteiger partial charge < -0.3 is 10.1 Å². The lowest BCUT2D eigenvalue weighted by atomic mass is 9.91. The van der Waals surface area contributed by atoms with Gasteiger partial charge in [0.15, 0.2) is 12.0 Å². The molecule has 114 valence electrons. The van der Waals surface area contributed by atoms with Crippen molar-refractivity contribution >= 4 is 40.5 Å². The number of fused-ring (bicyclic) bond motifs is 5. The van der Waals surface area contributed by atoms with Gasteiger partial charge in [-0.15, -0.1) is 0 Å². The number of hydrogen-bond acceptors (Lipinski definition) is 2. The Morgan fingerprint density at radius 2 is 1.58 bits per heavy atom. The maximum absolute atomic E-state index is 6.34. The maximum atomic E-state index is 6.34. The summed E-state index contributed by atoms with van der Waals surface area (Å²) in [6.45, 7) is 0. The lowest BCUT2D eigenvalue weighted by molar-refractivity contribution is 0.263. The molecular formula is C21H16BNO. The normalized spacial score (nSPS) is 15.9. The first-order valence-electron chi connectivity index (χ1n) is 8.24. The molecule has 0 spiro atoms. The molecule has 1 atom stereocenters. The number of nitrogens with one attached hydrogen (secondary N) is 1. The van der Waals surface area contributed by atoms with Crippen LogP contribution in [0.3, 0.4) is 0 Å². The van der Waals surface area contributed by atoms with E-state index in [2.05, 4.69) is 67.8 Å². The average Bonchev–Trinajstić information content (AvgIpc) is 3.06. The third kappa shape index (κ3) is 1.98. The van der Waals surface area contributed by atoms with Gasteiger partial charge in [-0.1, -0.05) is 72.2 Å². The fourth-order valence-electron chi connectivity index (χ4n) is 3.53. The summed E-state index contributed by atoms with van der Waals surface area (Å²) >= 11 is 0. The van der Waals surface area contributed by atoms with Gasteiger partial charge in [0, 0.05) is 10.9 Å². The van der Waals surface area contributed by atoms with Crippen molar-refractivity contribution in [3.05, 3.63) is 78.4 Å². The smallest absolute Gasteiger partial charge is 0.196 e. The van der Waals surface area contributed by atoms with Crippen LogP contribution in [0.1, 0.15) is 11.8 Å². The van der Waals surface area contributed by atoms with Crippen LogP contribution in [0.5, 0.6) is 5.75 Å². The fourth-order valence-corrected chi connectivity index (χ4v) is 3.53. The molecule has 1 heterocycles. The summed E-state index contributed by atoms with van der Waals surface area (Å²) < 4.78 is 6.34. The molecular weight excluding hydrogens is 293 g/mol. The number of rotatable bonds is 1. The monoisotopic (exact) mass is 309 g/mol. The standard InChI is InChI=1S/C21H16BNO/c22-16-10-8-13-6-7-14-9-11-18-20(19(14)17(13)12-16)24-21(23-18)15-4-2-1-3-5-15/h1-12,21,23H,22H2. The summed E-state index contributed by atoms with van der Waals surface area (Å²) in [5.74, 6) is 0.956. The minimum absolute atomic E-state index is 0.133. The van der Waals surface area contributed by atoms with Gasteiger partial charge in [0.25, 0.3) is 0 Å². The first kappa shape index (κ1) is 13.5. The quantitative estimate of drug-likeness (QED) is 0.427. The molecule has 1 aliphatic heterocycles. The molecule has 0 aromatic heterocycles. The number of benzene rings is 4. The number of hydrogen-bond donors (Lipinski definition) is 1. The van der Waals surface area contributed by atoms with Crippen LogP contribution in [0, 0.1) is 0 Å². The van der Waals surface area contributed by atoms with Crippen LogP contribution in [0.4, 0.5) is 5.69 Å². The molecule has 1 unspecified atom stereocenters. The summed E-state index contributed by atoms with van der Waals surface area (Å²) in [6.07, 6.45) is -0.133. The number of anilines is 1. The third-order valence-corrected chi connectivity index (χ3v) is 4.74. The van der Waals surface area contributed by atoms with Gasteiger partial charge in [-0.3, -0.25) is 0 Å². The second kappa shape index (κ2) is 5.03. The highest BCUT2D eigenvalue weighted by atomic mass is 16.5. The SMILES string of the molecule is Bc1ccc2ccc3ccc4c(c3c2c1)OC(c1ccccc1)N4. The van der Waals surface area contributed by atoms with Gasteiger partial charge in [0.05, 0.1) is 5.69 Å². The summed E-state index contributed by atoms with van der Waals surface area (Å²) in [5, 5.41) is 8.40. The fraction of sp³-hybridized carbons (Fsp3) is 0.0476. The molecule has 0 aliphatic carbocycles. The first-order valence-corrected chi connectivity index (χ1v) is 8.24. The molecule has 0 saturated heterocycles. The minimum atomic E-state index is -0.133. The van der Waals surface area contributed by atoms with Crippen molar-refractivity contribution in [3.8, 4) is 5.75 Å². The van der Waals surface area contributed by atoms with Crippen molar-refractivity contribution in [2.75, 3.05) is 5.32 Å². The predicted molar refractivity (Wildman–Crippen MR) is 103 cm³/mol. The minimum Gasteiger partial charge on any atom is -0.464 e. The van der Waals surface area contributed by atoms with E-state index in [0.717, 1.165) is 17.0 Å². The van der Waals surface area contributed by atoms with Crippen LogP contribution in [0.15, 0.2) is 72.8 Å². The van der Waals surface area contributed by atoms with Gasteiger partial charge in [-0.05, 0) is 22.2 Å². The van der Waals surface area contributed by atoms with Crippen LogP contribution in [0.25, 0.3) is 21.5 Å². The van der Waals surface area contributed by atoms with E-state index in [1.807, 2.05) is 18.2 Å². The van der Waals surface area contributed by atoms with E-state index >= 15 is 0 Å². The lowest BCUT2D eigenvalue weighted by Gasteiger charge is -2.12. The van der Waals surface area contributed by atoms with Crippen LogP contribution in [-0.2, 0) is 0 Å². The average molecular weight is 309 g/mol. The van der Waals surface area contributed by atoms with E-state index in [0.29, 0.717) is 0 Å². The zero-order chi connectivity index (χ0) is 16.1. The molecule has 0 radical (unpaired) electrons. The van der Waals surface area contributed by atoms with Crippen LogP contribution < -0.4 is 15.5 Å².